The number of nitrogens with two attached hydrogens (primary N) is 1. The van der Waals surface area contributed by atoms with Gasteiger partial charge in [-0.2, -0.15) is 0 Å². The van der Waals surface area contributed by atoms with E-state index in [4.69, 9.17) is 15.7 Å². The molecule has 0 fully saturated rings. The number of nitrogens with zero attached hydrogens (tertiary/aromatic N) is 2. The number of aromatic nitrogens is 1. The first kappa shape index (κ1) is 11.2. The minimum atomic E-state index is -0.507. The Morgan fingerprint density at radius 2 is 2.18 bits per heavy atom. The lowest BCUT2D eigenvalue weighted by Gasteiger charge is -2.14. The van der Waals surface area contributed by atoms with Crippen LogP contribution in [0.5, 0.6) is 5.75 Å². The maximum absolute atomic E-state index is 8.56. The van der Waals surface area contributed by atoms with Gasteiger partial charge in [-0.15, -0.1) is 0 Å². The molecule has 0 aliphatic carbocycles. The SMILES string of the molecule is CC(Oc1cccc2cccnc12)/C(N)=N/O. The van der Waals surface area contributed by atoms with Gasteiger partial charge in [-0.3, -0.25) is 4.98 Å². The maximum Gasteiger partial charge on any atom is 0.180 e. The van der Waals surface area contributed by atoms with Gasteiger partial charge in [0.05, 0.1) is 0 Å². The first-order valence-corrected chi connectivity index (χ1v) is 5.20. The van der Waals surface area contributed by atoms with Crippen LogP contribution in [0.25, 0.3) is 10.9 Å². The summed E-state index contributed by atoms with van der Waals surface area (Å²) >= 11 is 0. The molecule has 0 saturated carbocycles. The van der Waals surface area contributed by atoms with E-state index in [0.29, 0.717) is 5.75 Å². The molecule has 1 aromatic carbocycles. The lowest BCUT2D eigenvalue weighted by Crippen LogP contribution is -2.31. The van der Waals surface area contributed by atoms with Crippen molar-refractivity contribution in [1.29, 1.82) is 0 Å². The average molecular weight is 231 g/mol. The summed E-state index contributed by atoms with van der Waals surface area (Å²) in [5.41, 5.74) is 6.22. The number of para-hydroxylation sites is 1. The van der Waals surface area contributed by atoms with Gasteiger partial charge < -0.3 is 15.7 Å². The van der Waals surface area contributed by atoms with Gasteiger partial charge in [0.25, 0.3) is 0 Å². The number of rotatable bonds is 3. The standard InChI is InChI=1S/C12H13N3O2/c1-8(12(13)15-16)17-10-6-2-4-9-5-3-7-14-11(9)10/h2-8,16H,1H3,(H2,13,15). The molecule has 5 nitrogen and oxygen atoms in total. The van der Waals surface area contributed by atoms with Crippen molar-refractivity contribution >= 4 is 16.7 Å². The van der Waals surface area contributed by atoms with Gasteiger partial charge >= 0.3 is 0 Å². The molecule has 17 heavy (non-hydrogen) atoms. The van der Waals surface area contributed by atoms with Crippen LogP contribution in [0.1, 0.15) is 6.92 Å². The van der Waals surface area contributed by atoms with Gasteiger partial charge in [0.15, 0.2) is 11.9 Å². The summed E-state index contributed by atoms with van der Waals surface area (Å²) in [4.78, 5) is 4.25. The maximum atomic E-state index is 8.56. The second kappa shape index (κ2) is 4.69. The minimum absolute atomic E-state index is 0.0259. The van der Waals surface area contributed by atoms with E-state index in [-0.39, 0.29) is 5.84 Å². The third-order valence-corrected chi connectivity index (χ3v) is 2.43. The quantitative estimate of drug-likeness (QED) is 0.365. The Labute approximate surface area is 98.5 Å². The summed E-state index contributed by atoms with van der Waals surface area (Å²) in [7, 11) is 0. The molecule has 5 heteroatoms. The van der Waals surface area contributed by atoms with Crippen molar-refractivity contribution in [2.75, 3.05) is 0 Å². The third kappa shape index (κ3) is 2.28. The molecule has 0 aliphatic heterocycles. The van der Waals surface area contributed by atoms with Crippen molar-refractivity contribution in [3.8, 4) is 5.75 Å². The van der Waals surface area contributed by atoms with Crippen molar-refractivity contribution < 1.29 is 9.94 Å². The summed E-state index contributed by atoms with van der Waals surface area (Å²) in [6.45, 7) is 1.71. The fourth-order valence-corrected chi connectivity index (χ4v) is 1.50. The van der Waals surface area contributed by atoms with Gasteiger partial charge in [-0.05, 0) is 19.1 Å². The Kier molecular flexibility index (Phi) is 3.09. The van der Waals surface area contributed by atoms with E-state index in [2.05, 4.69) is 10.1 Å². The molecular formula is C12H13N3O2. The van der Waals surface area contributed by atoms with Crippen LogP contribution in [0.3, 0.4) is 0 Å². The van der Waals surface area contributed by atoms with Crippen LogP contribution in [0.4, 0.5) is 0 Å². The molecule has 3 N–H and O–H groups in total. The smallest absolute Gasteiger partial charge is 0.180 e. The summed E-state index contributed by atoms with van der Waals surface area (Å²) in [5.74, 6) is 0.639. The third-order valence-electron chi connectivity index (χ3n) is 2.43. The highest BCUT2D eigenvalue weighted by atomic mass is 16.5. The summed E-state index contributed by atoms with van der Waals surface area (Å²) in [5, 5.41) is 12.5. The van der Waals surface area contributed by atoms with Gasteiger partial charge in [0.2, 0.25) is 0 Å². The molecule has 0 bridgehead atoms. The molecule has 2 aromatic rings. The van der Waals surface area contributed by atoms with E-state index < -0.39 is 6.10 Å². The number of pyridine rings is 1. The normalized spacial score (nSPS) is 13.6. The monoisotopic (exact) mass is 231 g/mol. The predicted octanol–water partition coefficient (Wildman–Crippen LogP) is 1.75. The van der Waals surface area contributed by atoms with Gasteiger partial charge in [-0.25, -0.2) is 0 Å². The number of benzene rings is 1. The lowest BCUT2D eigenvalue weighted by molar-refractivity contribution is 0.267. The topological polar surface area (TPSA) is 80.7 Å². The van der Waals surface area contributed by atoms with E-state index in [9.17, 15) is 0 Å². The summed E-state index contributed by atoms with van der Waals surface area (Å²) in [6, 6.07) is 9.43. The Bertz CT molecular complexity index is 549. The van der Waals surface area contributed by atoms with Crippen LogP contribution in [0.15, 0.2) is 41.7 Å². The second-order valence-electron chi connectivity index (χ2n) is 3.62. The van der Waals surface area contributed by atoms with Gasteiger partial charge in [0.1, 0.15) is 11.3 Å². The number of fused-ring (bicyclic) bond motifs is 1. The molecule has 0 saturated heterocycles. The molecule has 1 unspecified atom stereocenters. The molecule has 88 valence electrons. The molecule has 0 radical (unpaired) electrons. The van der Waals surface area contributed by atoms with Gasteiger partial charge in [-0.1, -0.05) is 23.4 Å². The molecule has 0 spiro atoms. The highest BCUT2D eigenvalue weighted by Crippen LogP contribution is 2.23. The minimum Gasteiger partial charge on any atom is -0.480 e. The second-order valence-corrected chi connectivity index (χ2v) is 3.62. The molecular weight excluding hydrogens is 218 g/mol. The zero-order chi connectivity index (χ0) is 12.3. The van der Waals surface area contributed by atoms with Crippen LogP contribution in [-0.2, 0) is 0 Å². The number of oxime groups is 1. The van der Waals surface area contributed by atoms with Crippen LogP contribution in [0.2, 0.25) is 0 Å². The Morgan fingerprint density at radius 3 is 2.94 bits per heavy atom. The molecule has 1 aromatic heterocycles. The first-order valence-electron chi connectivity index (χ1n) is 5.20. The fourth-order valence-electron chi connectivity index (χ4n) is 1.50. The number of amidine groups is 1. The number of ether oxygens (including phenoxy) is 1. The Hall–Kier alpha value is -2.30. The van der Waals surface area contributed by atoms with E-state index in [1.165, 1.54) is 0 Å². The largest absolute Gasteiger partial charge is 0.480 e. The number of hydrogen-bond acceptors (Lipinski definition) is 4. The Balaban J connectivity index is 2.36. The van der Waals surface area contributed by atoms with Crippen LogP contribution < -0.4 is 10.5 Å². The van der Waals surface area contributed by atoms with Crippen molar-refractivity contribution in [1.82, 2.24) is 4.98 Å². The van der Waals surface area contributed by atoms with Crippen LogP contribution in [-0.4, -0.2) is 22.1 Å². The number of hydrogen-bond donors (Lipinski definition) is 2. The molecule has 0 aliphatic rings. The van der Waals surface area contributed by atoms with Crippen molar-refractivity contribution in [3.05, 3.63) is 36.5 Å². The van der Waals surface area contributed by atoms with E-state index in [1.54, 1.807) is 19.2 Å². The van der Waals surface area contributed by atoms with E-state index >= 15 is 0 Å². The first-order chi connectivity index (χ1) is 8.22. The Morgan fingerprint density at radius 1 is 1.41 bits per heavy atom. The van der Waals surface area contributed by atoms with Gasteiger partial charge in [0, 0.05) is 11.6 Å². The molecule has 0 amide bonds. The van der Waals surface area contributed by atoms with E-state index in [0.717, 1.165) is 10.9 Å². The molecule has 1 atom stereocenters. The molecule has 2 rings (SSSR count). The summed E-state index contributed by atoms with van der Waals surface area (Å²) in [6.07, 6.45) is 1.19. The molecule has 1 heterocycles. The lowest BCUT2D eigenvalue weighted by atomic mass is 10.2. The highest BCUT2D eigenvalue weighted by Gasteiger charge is 2.11. The van der Waals surface area contributed by atoms with Crippen LogP contribution >= 0.6 is 0 Å². The zero-order valence-electron chi connectivity index (χ0n) is 9.37. The van der Waals surface area contributed by atoms with E-state index in [1.807, 2.05) is 24.3 Å². The predicted molar refractivity (Wildman–Crippen MR) is 65.2 cm³/mol. The van der Waals surface area contributed by atoms with Crippen molar-refractivity contribution in [2.45, 2.75) is 13.0 Å². The van der Waals surface area contributed by atoms with Crippen molar-refractivity contribution in [3.63, 3.8) is 0 Å². The summed E-state index contributed by atoms with van der Waals surface area (Å²) < 4.78 is 5.60. The zero-order valence-corrected chi connectivity index (χ0v) is 9.37. The van der Waals surface area contributed by atoms with Crippen molar-refractivity contribution in [2.24, 2.45) is 10.9 Å². The fraction of sp³-hybridized carbons (Fsp3) is 0.167. The average Bonchev–Trinajstić information content (AvgIpc) is 2.38. The van der Waals surface area contributed by atoms with Crippen LogP contribution in [0, 0.1) is 0 Å². The highest BCUT2D eigenvalue weighted by molar-refractivity contribution is 5.87.